The number of para-hydroxylation sites is 2. The molecule has 0 radical (unpaired) electrons. The first-order chi connectivity index (χ1) is 9.95. The number of amides is 2. The molecule has 1 aromatic carbocycles. The summed E-state index contributed by atoms with van der Waals surface area (Å²) in [6.07, 6.45) is 1.99. The maximum atomic E-state index is 12.4. The smallest absolute Gasteiger partial charge is 0.239 e. The third-order valence-corrected chi connectivity index (χ3v) is 3.48. The summed E-state index contributed by atoms with van der Waals surface area (Å²) in [6.45, 7) is 5.65. The van der Waals surface area contributed by atoms with Crippen molar-refractivity contribution >= 4 is 17.5 Å². The van der Waals surface area contributed by atoms with Crippen molar-refractivity contribution in [3.8, 4) is 5.75 Å². The molecule has 21 heavy (non-hydrogen) atoms. The Labute approximate surface area is 125 Å². The molecule has 2 amide bonds. The van der Waals surface area contributed by atoms with E-state index in [1.54, 1.807) is 26.0 Å². The maximum Gasteiger partial charge on any atom is 0.239 e. The molecule has 1 aliphatic carbocycles. The second-order valence-electron chi connectivity index (χ2n) is 5.76. The maximum absolute atomic E-state index is 12.4. The van der Waals surface area contributed by atoms with Crippen LogP contribution in [0, 0.1) is 5.41 Å². The minimum Gasteiger partial charge on any atom is -0.492 e. The van der Waals surface area contributed by atoms with E-state index in [9.17, 15) is 9.59 Å². The fourth-order valence-corrected chi connectivity index (χ4v) is 1.83. The Morgan fingerprint density at radius 3 is 2.52 bits per heavy atom. The zero-order chi connectivity index (χ0) is 15.5. The van der Waals surface area contributed by atoms with Gasteiger partial charge in [-0.25, -0.2) is 0 Å². The third kappa shape index (κ3) is 3.74. The minimum atomic E-state index is -1.12. The Morgan fingerprint density at radius 1 is 1.24 bits per heavy atom. The topological polar surface area (TPSA) is 67.4 Å². The van der Waals surface area contributed by atoms with Gasteiger partial charge in [0.05, 0.1) is 12.3 Å². The third-order valence-electron chi connectivity index (χ3n) is 3.48. The summed E-state index contributed by atoms with van der Waals surface area (Å²) in [4.78, 5) is 24.6. The first-order valence-electron chi connectivity index (χ1n) is 7.29. The van der Waals surface area contributed by atoms with Gasteiger partial charge in [0.15, 0.2) is 0 Å². The summed E-state index contributed by atoms with van der Waals surface area (Å²) in [5, 5.41) is 5.65. The van der Waals surface area contributed by atoms with E-state index in [2.05, 4.69) is 10.6 Å². The van der Waals surface area contributed by atoms with Crippen molar-refractivity contribution in [1.82, 2.24) is 5.32 Å². The molecule has 2 rings (SSSR count). The number of nitrogens with one attached hydrogen (secondary N) is 2. The predicted octanol–water partition coefficient (Wildman–Crippen LogP) is 2.33. The largest absolute Gasteiger partial charge is 0.492 e. The van der Waals surface area contributed by atoms with E-state index in [0.29, 0.717) is 18.0 Å². The lowest BCUT2D eigenvalue weighted by atomic mass is 9.91. The number of benzene rings is 1. The van der Waals surface area contributed by atoms with E-state index in [1.165, 1.54) is 0 Å². The number of ether oxygens (including phenoxy) is 1. The van der Waals surface area contributed by atoms with Crippen molar-refractivity contribution in [1.29, 1.82) is 0 Å². The summed E-state index contributed by atoms with van der Waals surface area (Å²) in [6, 6.07) is 7.44. The molecule has 0 saturated heterocycles. The molecule has 0 aliphatic heterocycles. The van der Waals surface area contributed by atoms with Gasteiger partial charge in [-0.1, -0.05) is 12.1 Å². The number of rotatable bonds is 6. The van der Waals surface area contributed by atoms with Crippen LogP contribution in [0.15, 0.2) is 24.3 Å². The van der Waals surface area contributed by atoms with Gasteiger partial charge < -0.3 is 15.4 Å². The van der Waals surface area contributed by atoms with Crippen molar-refractivity contribution in [2.24, 2.45) is 5.41 Å². The average Bonchev–Trinajstić information content (AvgIpc) is 3.25. The van der Waals surface area contributed by atoms with Gasteiger partial charge in [-0.05, 0) is 45.7 Å². The van der Waals surface area contributed by atoms with Gasteiger partial charge in [-0.15, -0.1) is 0 Å². The van der Waals surface area contributed by atoms with Crippen LogP contribution in [0.3, 0.4) is 0 Å². The van der Waals surface area contributed by atoms with Crippen LogP contribution in [-0.4, -0.2) is 24.5 Å². The Hall–Kier alpha value is -2.04. The van der Waals surface area contributed by atoms with Crippen LogP contribution in [-0.2, 0) is 9.59 Å². The number of carbonyl (C=O) groups is 2. The quantitative estimate of drug-likeness (QED) is 0.790. The molecule has 114 valence electrons. The van der Waals surface area contributed by atoms with Crippen LogP contribution < -0.4 is 15.4 Å². The lowest BCUT2D eigenvalue weighted by Crippen LogP contribution is -2.45. The molecule has 1 fully saturated rings. The van der Waals surface area contributed by atoms with Crippen LogP contribution in [0.5, 0.6) is 5.75 Å². The summed E-state index contributed by atoms with van der Waals surface area (Å²) >= 11 is 0. The Bertz CT molecular complexity index is 536. The van der Waals surface area contributed by atoms with E-state index >= 15 is 0 Å². The van der Waals surface area contributed by atoms with Crippen LogP contribution in [0.2, 0.25) is 0 Å². The molecular formula is C16H22N2O3. The SMILES string of the molecule is CCOc1ccccc1NC(=O)C(C)(C)C(=O)NC1CC1. The van der Waals surface area contributed by atoms with Crippen LogP contribution >= 0.6 is 0 Å². The van der Waals surface area contributed by atoms with E-state index in [1.807, 2.05) is 19.1 Å². The van der Waals surface area contributed by atoms with Crippen molar-refractivity contribution < 1.29 is 14.3 Å². The summed E-state index contributed by atoms with van der Waals surface area (Å²) < 4.78 is 5.47. The number of hydrogen-bond donors (Lipinski definition) is 2. The van der Waals surface area contributed by atoms with E-state index < -0.39 is 5.41 Å². The van der Waals surface area contributed by atoms with Gasteiger partial charge in [0.25, 0.3) is 0 Å². The highest BCUT2D eigenvalue weighted by Crippen LogP contribution is 2.28. The first-order valence-corrected chi connectivity index (χ1v) is 7.29. The lowest BCUT2D eigenvalue weighted by Gasteiger charge is -2.23. The Morgan fingerprint density at radius 2 is 1.90 bits per heavy atom. The molecular weight excluding hydrogens is 268 g/mol. The molecule has 2 N–H and O–H groups in total. The van der Waals surface area contributed by atoms with Crippen LogP contribution in [0.25, 0.3) is 0 Å². The monoisotopic (exact) mass is 290 g/mol. The van der Waals surface area contributed by atoms with Crippen LogP contribution in [0.4, 0.5) is 5.69 Å². The predicted molar refractivity (Wildman–Crippen MR) is 81.2 cm³/mol. The second-order valence-corrected chi connectivity index (χ2v) is 5.76. The first kappa shape index (κ1) is 15.4. The van der Waals surface area contributed by atoms with Crippen molar-refractivity contribution in [2.45, 2.75) is 39.7 Å². The van der Waals surface area contributed by atoms with Gasteiger partial charge >= 0.3 is 0 Å². The van der Waals surface area contributed by atoms with Gasteiger partial charge in [-0.3, -0.25) is 9.59 Å². The summed E-state index contributed by atoms with van der Waals surface area (Å²) in [7, 11) is 0. The zero-order valence-electron chi connectivity index (χ0n) is 12.7. The van der Waals surface area contributed by atoms with Gasteiger partial charge in [-0.2, -0.15) is 0 Å². The zero-order valence-corrected chi connectivity index (χ0v) is 12.7. The Kier molecular flexibility index (Phi) is 4.50. The van der Waals surface area contributed by atoms with Gasteiger partial charge in [0.2, 0.25) is 11.8 Å². The van der Waals surface area contributed by atoms with Crippen molar-refractivity contribution in [3.63, 3.8) is 0 Å². The molecule has 5 nitrogen and oxygen atoms in total. The summed E-state index contributed by atoms with van der Waals surface area (Å²) in [5.74, 6) is 0.0240. The second kappa shape index (κ2) is 6.16. The van der Waals surface area contributed by atoms with Crippen molar-refractivity contribution in [3.05, 3.63) is 24.3 Å². The molecule has 0 bridgehead atoms. The van der Waals surface area contributed by atoms with Crippen molar-refractivity contribution in [2.75, 3.05) is 11.9 Å². The molecule has 0 unspecified atom stereocenters. The van der Waals surface area contributed by atoms with E-state index in [0.717, 1.165) is 12.8 Å². The number of hydrogen-bond acceptors (Lipinski definition) is 3. The van der Waals surface area contributed by atoms with Crippen LogP contribution in [0.1, 0.15) is 33.6 Å². The molecule has 1 aliphatic rings. The number of carbonyl (C=O) groups excluding carboxylic acids is 2. The lowest BCUT2D eigenvalue weighted by molar-refractivity contribution is -0.138. The number of anilines is 1. The normalized spacial score (nSPS) is 14.4. The highest BCUT2D eigenvalue weighted by atomic mass is 16.5. The molecule has 1 aromatic rings. The minimum absolute atomic E-state index is 0.236. The van der Waals surface area contributed by atoms with E-state index in [4.69, 9.17) is 4.74 Å². The molecule has 0 spiro atoms. The Balaban J connectivity index is 2.07. The molecule has 1 saturated carbocycles. The molecule has 0 aromatic heterocycles. The van der Waals surface area contributed by atoms with E-state index in [-0.39, 0.29) is 17.9 Å². The standard InChI is InChI=1S/C16H22N2O3/c1-4-21-13-8-6-5-7-12(13)18-15(20)16(2,3)14(19)17-11-9-10-11/h5-8,11H,4,9-10H2,1-3H3,(H,17,19)(H,18,20). The molecule has 0 heterocycles. The van der Waals surface area contributed by atoms with Gasteiger partial charge in [0.1, 0.15) is 11.2 Å². The molecule has 0 atom stereocenters. The average molecular weight is 290 g/mol. The van der Waals surface area contributed by atoms with Gasteiger partial charge in [0, 0.05) is 6.04 Å². The molecule has 5 heteroatoms. The highest BCUT2D eigenvalue weighted by Gasteiger charge is 2.39. The fraction of sp³-hybridized carbons (Fsp3) is 0.500. The summed E-state index contributed by atoms with van der Waals surface area (Å²) in [5.41, 5.74) is -0.543. The fourth-order valence-electron chi connectivity index (χ4n) is 1.83. The highest BCUT2D eigenvalue weighted by molar-refractivity contribution is 6.10.